The van der Waals surface area contributed by atoms with Gasteiger partial charge >= 0.3 is 0 Å². The molecular formula is C26H35NO5. The summed E-state index contributed by atoms with van der Waals surface area (Å²) in [5, 5.41) is 3.95. The monoisotopic (exact) mass is 441 g/mol. The molecule has 0 atom stereocenters. The largest absolute Gasteiger partial charge is 0.493 e. The molecule has 6 heteroatoms. The lowest BCUT2D eigenvalue weighted by molar-refractivity contribution is 0.213. The first-order valence-corrected chi connectivity index (χ1v) is 10.9. The zero-order valence-corrected chi connectivity index (χ0v) is 20.1. The number of hydrogen-bond acceptors (Lipinski definition) is 6. The Morgan fingerprint density at radius 2 is 1.59 bits per heavy atom. The molecule has 2 rings (SSSR count). The maximum Gasteiger partial charge on any atom is 0.161 e. The van der Waals surface area contributed by atoms with Crippen LogP contribution < -0.4 is 18.9 Å². The van der Waals surface area contributed by atoms with Crippen LogP contribution in [0.2, 0.25) is 0 Å². The standard InChI is InChI=1S/C26H35NO5/c1-7-8-13-30-23-16-19(2)26(20(3)17-23)32-15-10-9-14-31-24-12-11-22(18-25(24)28-5)21(4)27-29-6/h7-8,11-12,16-18H,9-10,13-15H2,1-6H3/b8-7+,27-21?. The van der Waals surface area contributed by atoms with Crippen LogP contribution in [0.15, 0.2) is 47.6 Å². The molecule has 0 N–H and O–H groups in total. The van der Waals surface area contributed by atoms with Gasteiger partial charge in [0.25, 0.3) is 0 Å². The van der Waals surface area contributed by atoms with Crippen molar-refractivity contribution in [1.29, 1.82) is 0 Å². The van der Waals surface area contributed by atoms with Gasteiger partial charge in [0.2, 0.25) is 0 Å². The average molecular weight is 442 g/mol. The second kappa shape index (κ2) is 13.3. The molecule has 174 valence electrons. The maximum atomic E-state index is 6.04. The molecule has 0 amide bonds. The number of nitrogens with zero attached hydrogens (tertiary/aromatic N) is 1. The third-order valence-electron chi connectivity index (χ3n) is 4.87. The van der Waals surface area contributed by atoms with Crippen molar-refractivity contribution in [1.82, 2.24) is 0 Å². The fourth-order valence-electron chi connectivity index (χ4n) is 3.22. The van der Waals surface area contributed by atoms with Gasteiger partial charge in [-0.3, -0.25) is 0 Å². The van der Waals surface area contributed by atoms with E-state index in [0.29, 0.717) is 31.3 Å². The number of ether oxygens (including phenoxy) is 4. The summed E-state index contributed by atoms with van der Waals surface area (Å²) in [6.07, 6.45) is 5.72. The minimum atomic E-state index is 0.573. The van der Waals surface area contributed by atoms with E-state index >= 15 is 0 Å². The summed E-state index contributed by atoms with van der Waals surface area (Å²) in [5.74, 6) is 3.17. The van der Waals surface area contributed by atoms with Crippen molar-refractivity contribution < 1.29 is 23.8 Å². The molecule has 0 spiro atoms. The molecule has 2 aromatic rings. The number of allylic oxidation sites excluding steroid dienone is 1. The average Bonchev–Trinajstić information content (AvgIpc) is 2.78. The lowest BCUT2D eigenvalue weighted by atomic mass is 10.1. The lowest BCUT2D eigenvalue weighted by Crippen LogP contribution is -2.05. The Labute approximate surface area is 191 Å². The SMILES string of the molecule is C/C=C/COc1cc(C)c(OCCCCOc2ccc(C(C)=NOC)cc2OC)c(C)c1. The van der Waals surface area contributed by atoms with Gasteiger partial charge in [0.05, 0.1) is 26.0 Å². The Morgan fingerprint density at radius 1 is 0.906 bits per heavy atom. The van der Waals surface area contributed by atoms with E-state index in [9.17, 15) is 0 Å². The lowest BCUT2D eigenvalue weighted by Gasteiger charge is -2.15. The summed E-state index contributed by atoms with van der Waals surface area (Å²) in [5.41, 5.74) is 3.86. The van der Waals surface area contributed by atoms with E-state index in [0.717, 1.165) is 46.7 Å². The van der Waals surface area contributed by atoms with Gasteiger partial charge in [0.15, 0.2) is 11.5 Å². The summed E-state index contributed by atoms with van der Waals surface area (Å²) >= 11 is 0. The van der Waals surface area contributed by atoms with Crippen molar-refractivity contribution in [3.05, 3.63) is 59.2 Å². The second-order valence-electron chi connectivity index (χ2n) is 7.40. The number of unbranched alkanes of at least 4 members (excludes halogenated alkanes) is 1. The minimum absolute atomic E-state index is 0.573. The van der Waals surface area contributed by atoms with E-state index < -0.39 is 0 Å². The molecule has 0 saturated carbocycles. The van der Waals surface area contributed by atoms with Gasteiger partial charge in [-0.1, -0.05) is 17.3 Å². The first kappa shape index (κ1) is 25.1. The van der Waals surface area contributed by atoms with E-state index in [1.807, 2.05) is 70.2 Å². The fraction of sp³-hybridized carbons (Fsp3) is 0.423. The summed E-state index contributed by atoms with van der Waals surface area (Å²) in [6, 6.07) is 9.77. The van der Waals surface area contributed by atoms with Crippen LogP contribution >= 0.6 is 0 Å². The van der Waals surface area contributed by atoms with Gasteiger partial charge in [0, 0.05) is 5.56 Å². The van der Waals surface area contributed by atoms with E-state index in [-0.39, 0.29) is 0 Å². The van der Waals surface area contributed by atoms with Crippen molar-refractivity contribution >= 4 is 5.71 Å². The summed E-state index contributed by atoms with van der Waals surface area (Å²) in [7, 11) is 3.16. The zero-order chi connectivity index (χ0) is 23.3. The van der Waals surface area contributed by atoms with Gasteiger partial charge in [0.1, 0.15) is 25.2 Å². The third-order valence-corrected chi connectivity index (χ3v) is 4.87. The maximum absolute atomic E-state index is 6.04. The number of benzene rings is 2. The quantitative estimate of drug-likeness (QED) is 0.168. The summed E-state index contributed by atoms with van der Waals surface area (Å²) in [6.45, 7) is 9.74. The van der Waals surface area contributed by atoms with Gasteiger partial charge in [-0.05, 0) is 82.0 Å². The van der Waals surface area contributed by atoms with Crippen LogP contribution in [0.3, 0.4) is 0 Å². The summed E-state index contributed by atoms with van der Waals surface area (Å²) in [4.78, 5) is 4.83. The topological polar surface area (TPSA) is 58.5 Å². The van der Waals surface area contributed by atoms with Gasteiger partial charge in [-0.25, -0.2) is 0 Å². The van der Waals surface area contributed by atoms with Crippen LogP contribution in [0.1, 0.15) is 43.4 Å². The number of aryl methyl sites for hydroxylation is 2. The first-order valence-electron chi connectivity index (χ1n) is 10.9. The van der Waals surface area contributed by atoms with Crippen molar-refractivity contribution in [2.45, 2.75) is 40.5 Å². The molecule has 0 fully saturated rings. The smallest absolute Gasteiger partial charge is 0.161 e. The number of hydrogen-bond donors (Lipinski definition) is 0. The van der Waals surface area contributed by atoms with Crippen LogP contribution in [0.5, 0.6) is 23.0 Å². The Balaban J connectivity index is 1.80. The Hall–Kier alpha value is -3.15. The molecular weight excluding hydrogens is 406 g/mol. The highest BCUT2D eigenvalue weighted by Gasteiger charge is 2.09. The van der Waals surface area contributed by atoms with Crippen LogP contribution in [0, 0.1) is 13.8 Å². The highest BCUT2D eigenvalue weighted by molar-refractivity contribution is 5.98. The van der Waals surface area contributed by atoms with Crippen LogP contribution in [-0.2, 0) is 4.84 Å². The molecule has 0 aliphatic rings. The molecule has 0 radical (unpaired) electrons. The fourth-order valence-corrected chi connectivity index (χ4v) is 3.22. The highest BCUT2D eigenvalue weighted by Crippen LogP contribution is 2.30. The van der Waals surface area contributed by atoms with E-state index in [2.05, 4.69) is 5.16 Å². The number of oxime groups is 1. The third kappa shape index (κ3) is 7.52. The Bertz CT molecular complexity index is 897. The molecule has 0 saturated heterocycles. The van der Waals surface area contributed by atoms with Crippen molar-refractivity contribution in [2.24, 2.45) is 5.16 Å². The highest BCUT2D eigenvalue weighted by atomic mass is 16.6. The molecule has 0 aliphatic carbocycles. The first-order chi connectivity index (χ1) is 15.5. The van der Waals surface area contributed by atoms with E-state index in [1.165, 1.54) is 7.11 Å². The van der Waals surface area contributed by atoms with Crippen LogP contribution in [-0.4, -0.2) is 39.8 Å². The van der Waals surface area contributed by atoms with Gasteiger partial charge in [-0.2, -0.15) is 0 Å². The van der Waals surface area contributed by atoms with Crippen LogP contribution in [0.4, 0.5) is 0 Å². The van der Waals surface area contributed by atoms with Crippen molar-refractivity contribution in [3.8, 4) is 23.0 Å². The molecule has 0 unspecified atom stereocenters. The Kier molecular flexibility index (Phi) is 10.4. The van der Waals surface area contributed by atoms with Crippen molar-refractivity contribution in [2.75, 3.05) is 34.0 Å². The normalized spacial score (nSPS) is 11.5. The molecule has 0 aromatic heterocycles. The van der Waals surface area contributed by atoms with Crippen molar-refractivity contribution in [3.63, 3.8) is 0 Å². The Morgan fingerprint density at radius 3 is 2.22 bits per heavy atom. The van der Waals surface area contributed by atoms with Gasteiger partial charge in [-0.15, -0.1) is 0 Å². The van der Waals surface area contributed by atoms with E-state index in [1.54, 1.807) is 7.11 Å². The van der Waals surface area contributed by atoms with E-state index in [4.69, 9.17) is 23.8 Å². The molecule has 6 nitrogen and oxygen atoms in total. The second-order valence-corrected chi connectivity index (χ2v) is 7.40. The minimum Gasteiger partial charge on any atom is -0.493 e. The predicted molar refractivity (Wildman–Crippen MR) is 129 cm³/mol. The predicted octanol–water partition coefficient (Wildman–Crippen LogP) is 5.88. The molecule has 0 aliphatic heterocycles. The van der Waals surface area contributed by atoms with Crippen LogP contribution in [0.25, 0.3) is 0 Å². The summed E-state index contributed by atoms with van der Waals surface area (Å²) < 4.78 is 23.1. The zero-order valence-electron chi connectivity index (χ0n) is 20.1. The number of rotatable bonds is 13. The molecule has 0 bridgehead atoms. The number of methoxy groups -OCH3 is 1. The van der Waals surface area contributed by atoms with Gasteiger partial charge < -0.3 is 23.8 Å². The molecule has 2 aromatic carbocycles. The molecule has 32 heavy (non-hydrogen) atoms. The molecule has 0 heterocycles.